The molecule has 1 aromatic carbocycles. The Balaban J connectivity index is 2.38. The highest BCUT2D eigenvalue weighted by molar-refractivity contribution is 5.85. The van der Waals surface area contributed by atoms with E-state index in [2.05, 4.69) is 0 Å². The zero-order valence-electron chi connectivity index (χ0n) is 8.98. The Hall–Kier alpha value is -1.68. The Morgan fingerprint density at radius 2 is 1.94 bits per heavy atom. The molecule has 4 nitrogen and oxygen atoms in total. The summed E-state index contributed by atoms with van der Waals surface area (Å²) in [4.78, 5) is 0. The topological polar surface area (TPSA) is 92.5 Å². The maximum atomic E-state index is 9.40. The molecule has 1 unspecified atom stereocenters. The van der Waals surface area contributed by atoms with Gasteiger partial charge in [0, 0.05) is 5.56 Å². The predicted molar refractivity (Wildman–Crippen MR) is 64.8 cm³/mol. The molecule has 0 radical (unpaired) electrons. The van der Waals surface area contributed by atoms with Gasteiger partial charge >= 0.3 is 0 Å². The Morgan fingerprint density at radius 1 is 1.19 bits per heavy atom. The molecule has 1 aliphatic carbocycles. The van der Waals surface area contributed by atoms with Crippen molar-refractivity contribution in [1.29, 1.82) is 0 Å². The molecule has 0 amide bonds. The maximum absolute atomic E-state index is 9.40. The van der Waals surface area contributed by atoms with E-state index in [4.69, 9.17) is 11.5 Å². The molecule has 6 N–H and O–H groups in total. The van der Waals surface area contributed by atoms with Gasteiger partial charge in [-0.25, -0.2) is 0 Å². The highest BCUT2D eigenvalue weighted by atomic mass is 16.3. The lowest BCUT2D eigenvalue weighted by atomic mass is 9.91. The van der Waals surface area contributed by atoms with Crippen molar-refractivity contribution in [3.05, 3.63) is 23.8 Å². The SMILES string of the molecule is Nc1c(O)ccc(C2=CCC(O)CC2)c1N. The van der Waals surface area contributed by atoms with E-state index in [1.54, 1.807) is 12.1 Å². The van der Waals surface area contributed by atoms with Crippen LogP contribution in [-0.2, 0) is 0 Å². The number of hydrogen-bond acceptors (Lipinski definition) is 4. The second kappa shape index (κ2) is 4.06. The van der Waals surface area contributed by atoms with E-state index in [-0.39, 0.29) is 17.5 Å². The molecule has 4 heteroatoms. The van der Waals surface area contributed by atoms with E-state index in [1.165, 1.54) is 0 Å². The van der Waals surface area contributed by atoms with Crippen LogP contribution in [0.4, 0.5) is 11.4 Å². The van der Waals surface area contributed by atoms with Crippen molar-refractivity contribution in [2.75, 3.05) is 11.5 Å². The molecule has 2 rings (SSSR count). The van der Waals surface area contributed by atoms with Gasteiger partial charge in [0.15, 0.2) is 0 Å². The average Bonchev–Trinajstić information content (AvgIpc) is 2.28. The quantitative estimate of drug-likeness (QED) is 0.426. The summed E-state index contributed by atoms with van der Waals surface area (Å²) >= 11 is 0. The van der Waals surface area contributed by atoms with Crippen LogP contribution in [0.15, 0.2) is 18.2 Å². The van der Waals surface area contributed by atoms with E-state index < -0.39 is 0 Å². The van der Waals surface area contributed by atoms with Crippen molar-refractivity contribution >= 4 is 16.9 Å². The van der Waals surface area contributed by atoms with Crippen LogP contribution >= 0.6 is 0 Å². The Morgan fingerprint density at radius 3 is 2.56 bits per heavy atom. The van der Waals surface area contributed by atoms with Crippen LogP contribution in [0.3, 0.4) is 0 Å². The third-order valence-corrected chi connectivity index (χ3v) is 2.99. The van der Waals surface area contributed by atoms with E-state index >= 15 is 0 Å². The van der Waals surface area contributed by atoms with Crippen LogP contribution in [0.1, 0.15) is 24.8 Å². The monoisotopic (exact) mass is 220 g/mol. The number of aliphatic hydroxyl groups is 1. The highest BCUT2D eigenvalue weighted by Crippen LogP contribution is 2.36. The molecule has 0 saturated heterocycles. The minimum Gasteiger partial charge on any atom is -0.506 e. The van der Waals surface area contributed by atoms with Crippen molar-refractivity contribution in [2.45, 2.75) is 25.4 Å². The summed E-state index contributed by atoms with van der Waals surface area (Å²) in [5.41, 5.74) is 14.1. The van der Waals surface area contributed by atoms with Gasteiger partial charge in [0.2, 0.25) is 0 Å². The normalized spacial score (nSPS) is 20.6. The van der Waals surface area contributed by atoms with Crippen LogP contribution in [0.2, 0.25) is 0 Å². The number of aromatic hydroxyl groups is 1. The van der Waals surface area contributed by atoms with Crippen LogP contribution in [-0.4, -0.2) is 16.3 Å². The van der Waals surface area contributed by atoms with Crippen molar-refractivity contribution in [2.24, 2.45) is 0 Å². The second-order valence-corrected chi connectivity index (χ2v) is 4.12. The number of allylic oxidation sites excluding steroid dienone is 1. The molecule has 0 heterocycles. The fourth-order valence-corrected chi connectivity index (χ4v) is 1.97. The van der Waals surface area contributed by atoms with Gasteiger partial charge in [-0.2, -0.15) is 0 Å². The average molecular weight is 220 g/mol. The fourth-order valence-electron chi connectivity index (χ4n) is 1.97. The first-order chi connectivity index (χ1) is 7.59. The van der Waals surface area contributed by atoms with Gasteiger partial charge in [-0.15, -0.1) is 0 Å². The van der Waals surface area contributed by atoms with Crippen molar-refractivity contribution in [1.82, 2.24) is 0 Å². The Labute approximate surface area is 94.2 Å². The van der Waals surface area contributed by atoms with E-state index in [9.17, 15) is 10.2 Å². The number of nitrogen functional groups attached to an aromatic ring is 2. The molecule has 0 saturated carbocycles. The van der Waals surface area contributed by atoms with Crippen LogP contribution in [0.25, 0.3) is 5.57 Å². The van der Waals surface area contributed by atoms with Gasteiger partial charge in [-0.05, 0) is 37.0 Å². The summed E-state index contributed by atoms with van der Waals surface area (Å²) in [7, 11) is 0. The molecule has 1 aromatic rings. The summed E-state index contributed by atoms with van der Waals surface area (Å²) in [5.74, 6) is 0.0118. The van der Waals surface area contributed by atoms with Gasteiger partial charge in [-0.3, -0.25) is 0 Å². The summed E-state index contributed by atoms with van der Waals surface area (Å²) in [6.45, 7) is 0. The Bertz CT molecular complexity index is 441. The zero-order valence-corrected chi connectivity index (χ0v) is 8.98. The molecule has 0 spiro atoms. The molecule has 0 aliphatic heterocycles. The number of phenols is 1. The van der Waals surface area contributed by atoms with Crippen molar-refractivity contribution in [3.63, 3.8) is 0 Å². The minimum absolute atomic E-state index is 0.0118. The summed E-state index contributed by atoms with van der Waals surface area (Å²) in [6, 6.07) is 3.32. The molecular weight excluding hydrogens is 204 g/mol. The maximum Gasteiger partial charge on any atom is 0.140 e. The van der Waals surface area contributed by atoms with Gasteiger partial charge < -0.3 is 21.7 Å². The molecule has 0 fully saturated rings. The zero-order chi connectivity index (χ0) is 11.7. The molecule has 0 bridgehead atoms. The molecule has 1 atom stereocenters. The van der Waals surface area contributed by atoms with Gasteiger partial charge in [0.25, 0.3) is 0 Å². The molecule has 0 aromatic heterocycles. The smallest absolute Gasteiger partial charge is 0.140 e. The first-order valence-electron chi connectivity index (χ1n) is 5.34. The first-order valence-corrected chi connectivity index (χ1v) is 5.34. The summed E-state index contributed by atoms with van der Waals surface area (Å²) in [6.07, 6.45) is 3.91. The fraction of sp³-hybridized carbons (Fsp3) is 0.333. The third kappa shape index (κ3) is 1.84. The van der Waals surface area contributed by atoms with Crippen LogP contribution < -0.4 is 11.5 Å². The van der Waals surface area contributed by atoms with Crippen molar-refractivity contribution in [3.8, 4) is 5.75 Å². The van der Waals surface area contributed by atoms with Crippen molar-refractivity contribution < 1.29 is 10.2 Å². The number of phenolic OH excluding ortho intramolecular Hbond substituents is 1. The number of rotatable bonds is 1. The number of hydrogen-bond donors (Lipinski definition) is 4. The number of benzene rings is 1. The predicted octanol–water partition coefficient (Wildman–Crippen LogP) is 1.48. The third-order valence-electron chi connectivity index (χ3n) is 2.99. The molecule has 16 heavy (non-hydrogen) atoms. The van der Waals surface area contributed by atoms with E-state index in [1.807, 2.05) is 6.08 Å². The number of nitrogens with two attached hydrogens (primary N) is 2. The van der Waals surface area contributed by atoms with E-state index in [0.29, 0.717) is 12.1 Å². The molecular formula is C12H16N2O2. The largest absolute Gasteiger partial charge is 0.506 e. The molecule has 86 valence electrons. The number of anilines is 2. The second-order valence-electron chi connectivity index (χ2n) is 4.12. The van der Waals surface area contributed by atoms with Crippen LogP contribution in [0, 0.1) is 0 Å². The van der Waals surface area contributed by atoms with Gasteiger partial charge in [0.1, 0.15) is 5.75 Å². The van der Waals surface area contributed by atoms with E-state index in [0.717, 1.165) is 24.0 Å². The first kappa shape index (κ1) is 10.8. The lowest BCUT2D eigenvalue weighted by molar-refractivity contribution is 0.166. The number of aliphatic hydroxyl groups excluding tert-OH is 1. The standard InChI is InChI=1S/C12H16N2O2/c13-11-9(5-6-10(16)12(11)14)7-1-3-8(15)4-2-7/h1,5-6,8,15-16H,2-4,13-14H2. The molecule has 1 aliphatic rings. The lowest BCUT2D eigenvalue weighted by Gasteiger charge is -2.19. The van der Waals surface area contributed by atoms with Crippen LogP contribution in [0.5, 0.6) is 5.75 Å². The van der Waals surface area contributed by atoms with Gasteiger partial charge in [-0.1, -0.05) is 6.08 Å². The Kier molecular flexibility index (Phi) is 2.75. The highest BCUT2D eigenvalue weighted by Gasteiger charge is 2.16. The lowest BCUT2D eigenvalue weighted by Crippen LogP contribution is -2.10. The minimum atomic E-state index is -0.251. The van der Waals surface area contributed by atoms with Gasteiger partial charge in [0.05, 0.1) is 17.5 Å². The summed E-state index contributed by atoms with van der Waals surface area (Å²) < 4.78 is 0. The summed E-state index contributed by atoms with van der Waals surface area (Å²) in [5, 5.41) is 18.8.